The number of rotatable bonds is 5. The van der Waals surface area contributed by atoms with E-state index in [1.807, 2.05) is 49.4 Å². The zero-order chi connectivity index (χ0) is 16.1. The lowest BCUT2D eigenvalue weighted by Crippen LogP contribution is -2.31. The molecule has 2 aromatic heterocycles. The Morgan fingerprint density at radius 2 is 2.00 bits per heavy atom. The van der Waals surface area contributed by atoms with Gasteiger partial charge in [0.05, 0.1) is 18.7 Å². The molecule has 5 heteroatoms. The summed E-state index contributed by atoms with van der Waals surface area (Å²) in [5.41, 5.74) is 2.46. The Morgan fingerprint density at radius 1 is 1.17 bits per heavy atom. The Balaban J connectivity index is 1.84. The van der Waals surface area contributed by atoms with Crippen molar-refractivity contribution in [1.29, 1.82) is 0 Å². The molecule has 0 N–H and O–H groups in total. The van der Waals surface area contributed by atoms with Gasteiger partial charge in [-0.05, 0) is 30.7 Å². The highest BCUT2D eigenvalue weighted by atomic mass is 16.5. The number of nitrogens with zero attached hydrogens (tertiary/aromatic N) is 3. The average Bonchev–Trinajstić information content (AvgIpc) is 2.99. The lowest BCUT2D eigenvalue weighted by atomic mass is 10.2. The number of hydrogen-bond acceptors (Lipinski definition) is 4. The van der Waals surface area contributed by atoms with E-state index in [0.717, 1.165) is 11.3 Å². The van der Waals surface area contributed by atoms with E-state index in [9.17, 15) is 4.79 Å². The third-order valence-electron chi connectivity index (χ3n) is 3.44. The van der Waals surface area contributed by atoms with Crippen LogP contribution in [0, 0.1) is 6.92 Å². The lowest BCUT2D eigenvalue weighted by Gasteiger charge is -2.22. The van der Waals surface area contributed by atoms with Gasteiger partial charge in [-0.15, -0.1) is 0 Å². The molecular weight excluding hydrogens is 290 g/mol. The van der Waals surface area contributed by atoms with Crippen molar-refractivity contribution in [2.75, 3.05) is 4.90 Å². The molecule has 0 saturated carbocycles. The first-order valence-corrected chi connectivity index (χ1v) is 7.39. The minimum absolute atomic E-state index is 0.0339. The summed E-state index contributed by atoms with van der Waals surface area (Å²) in [7, 11) is 0. The van der Waals surface area contributed by atoms with Crippen LogP contribution >= 0.6 is 0 Å². The molecule has 3 rings (SSSR count). The molecular formula is C18H17N3O2. The van der Waals surface area contributed by atoms with Crippen LogP contribution in [0.15, 0.2) is 65.4 Å². The monoisotopic (exact) mass is 307 g/mol. The van der Waals surface area contributed by atoms with Gasteiger partial charge in [0, 0.05) is 24.1 Å². The van der Waals surface area contributed by atoms with Crippen LogP contribution in [-0.4, -0.2) is 16.0 Å². The summed E-state index contributed by atoms with van der Waals surface area (Å²) in [5, 5.41) is 3.90. The van der Waals surface area contributed by atoms with Gasteiger partial charge < -0.3 is 9.42 Å². The Kier molecular flexibility index (Phi) is 4.47. The Labute approximate surface area is 134 Å². The van der Waals surface area contributed by atoms with Gasteiger partial charge in [0.1, 0.15) is 5.76 Å². The number of para-hydroxylation sites is 1. The SMILES string of the molecule is Cc1cc(CC(=O)N(Cc2cccnc2)c2ccccc2)no1. The van der Waals surface area contributed by atoms with E-state index in [1.54, 1.807) is 23.4 Å². The molecule has 0 atom stereocenters. The fraction of sp³-hybridized carbons (Fsp3) is 0.167. The molecule has 0 aliphatic carbocycles. The summed E-state index contributed by atoms with van der Waals surface area (Å²) in [6.45, 7) is 2.28. The minimum Gasteiger partial charge on any atom is -0.361 e. The van der Waals surface area contributed by atoms with E-state index in [2.05, 4.69) is 10.1 Å². The van der Waals surface area contributed by atoms with Gasteiger partial charge >= 0.3 is 0 Å². The summed E-state index contributed by atoms with van der Waals surface area (Å²) < 4.78 is 5.04. The van der Waals surface area contributed by atoms with Crippen LogP contribution in [0.4, 0.5) is 5.69 Å². The molecule has 0 saturated heterocycles. The minimum atomic E-state index is -0.0339. The predicted molar refractivity (Wildman–Crippen MR) is 86.8 cm³/mol. The Morgan fingerprint density at radius 3 is 2.65 bits per heavy atom. The van der Waals surface area contributed by atoms with Crippen molar-refractivity contribution >= 4 is 11.6 Å². The van der Waals surface area contributed by atoms with Gasteiger partial charge in [-0.2, -0.15) is 0 Å². The molecule has 1 amide bonds. The second kappa shape index (κ2) is 6.87. The standard InChI is InChI=1S/C18H17N3O2/c1-14-10-16(20-23-14)11-18(22)21(17-7-3-2-4-8-17)13-15-6-5-9-19-12-15/h2-10,12H,11,13H2,1H3. The lowest BCUT2D eigenvalue weighted by molar-refractivity contribution is -0.118. The van der Waals surface area contributed by atoms with Gasteiger partial charge in [0.25, 0.3) is 0 Å². The number of pyridine rings is 1. The fourth-order valence-corrected chi connectivity index (χ4v) is 2.36. The largest absolute Gasteiger partial charge is 0.361 e. The van der Waals surface area contributed by atoms with Crippen LogP contribution in [0.25, 0.3) is 0 Å². The first-order valence-electron chi connectivity index (χ1n) is 7.39. The van der Waals surface area contributed by atoms with Crippen molar-refractivity contribution in [3.8, 4) is 0 Å². The molecule has 0 aliphatic heterocycles. The number of benzene rings is 1. The van der Waals surface area contributed by atoms with E-state index < -0.39 is 0 Å². The van der Waals surface area contributed by atoms with Crippen LogP contribution in [0.2, 0.25) is 0 Å². The quantitative estimate of drug-likeness (QED) is 0.726. The van der Waals surface area contributed by atoms with Gasteiger partial charge in [-0.25, -0.2) is 0 Å². The highest BCUT2D eigenvalue weighted by Gasteiger charge is 2.18. The highest BCUT2D eigenvalue weighted by Crippen LogP contribution is 2.18. The molecule has 0 spiro atoms. The number of carbonyl (C=O) groups excluding carboxylic acids is 1. The molecule has 0 aliphatic rings. The van der Waals surface area contributed by atoms with Crippen molar-refractivity contribution in [2.24, 2.45) is 0 Å². The molecule has 0 fully saturated rings. The third-order valence-corrected chi connectivity index (χ3v) is 3.44. The number of anilines is 1. The molecule has 1 aromatic carbocycles. The van der Waals surface area contributed by atoms with Gasteiger partial charge in [-0.3, -0.25) is 9.78 Å². The summed E-state index contributed by atoms with van der Waals surface area (Å²) in [5.74, 6) is 0.666. The van der Waals surface area contributed by atoms with Gasteiger partial charge in [0.2, 0.25) is 5.91 Å². The maximum absolute atomic E-state index is 12.8. The summed E-state index contributed by atoms with van der Waals surface area (Å²) in [6, 6.07) is 15.2. The first-order chi connectivity index (χ1) is 11.2. The van der Waals surface area contributed by atoms with Crippen molar-refractivity contribution in [1.82, 2.24) is 10.1 Å². The molecule has 0 radical (unpaired) electrons. The van der Waals surface area contributed by atoms with Crippen molar-refractivity contribution in [2.45, 2.75) is 19.9 Å². The predicted octanol–water partition coefficient (Wildman–Crippen LogP) is 3.15. The summed E-state index contributed by atoms with van der Waals surface area (Å²) >= 11 is 0. The van der Waals surface area contributed by atoms with Crippen LogP contribution in [0.3, 0.4) is 0 Å². The second-order valence-corrected chi connectivity index (χ2v) is 5.28. The van der Waals surface area contributed by atoms with Gasteiger partial charge in [0.15, 0.2) is 0 Å². The first kappa shape index (κ1) is 15.0. The Hall–Kier alpha value is -2.95. The number of carbonyl (C=O) groups is 1. The van der Waals surface area contributed by atoms with E-state index in [0.29, 0.717) is 18.0 Å². The molecule has 0 unspecified atom stereocenters. The van der Waals surface area contributed by atoms with Crippen molar-refractivity contribution in [3.63, 3.8) is 0 Å². The van der Waals surface area contributed by atoms with E-state index in [4.69, 9.17) is 4.52 Å². The molecule has 116 valence electrons. The average molecular weight is 307 g/mol. The molecule has 5 nitrogen and oxygen atoms in total. The van der Waals surface area contributed by atoms with Crippen molar-refractivity contribution in [3.05, 3.63) is 77.9 Å². The topological polar surface area (TPSA) is 59.2 Å². The van der Waals surface area contributed by atoms with Crippen LogP contribution in [0.1, 0.15) is 17.0 Å². The summed E-state index contributed by atoms with van der Waals surface area (Å²) in [6.07, 6.45) is 3.69. The fourth-order valence-electron chi connectivity index (χ4n) is 2.36. The Bertz CT molecular complexity index is 769. The number of aromatic nitrogens is 2. The maximum Gasteiger partial charge on any atom is 0.233 e. The molecule has 2 heterocycles. The molecule has 23 heavy (non-hydrogen) atoms. The van der Waals surface area contributed by atoms with E-state index in [-0.39, 0.29) is 12.3 Å². The molecule has 3 aromatic rings. The van der Waals surface area contributed by atoms with E-state index >= 15 is 0 Å². The summed E-state index contributed by atoms with van der Waals surface area (Å²) in [4.78, 5) is 18.6. The van der Waals surface area contributed by atoms with E-state index in [1.165, 1.54) is 0 Å². The third kappa shape index (κ3) is 3.83. The highest BCUT2D eigenvalue weighted by molar-refractivity contribution is 5.94. The van der Waals surface area contributed by atoms with Crippen LogP contribution < -0.4 is 4.90 Å². The van der Waals surface area contributed by atoms with Crippen LogP contribution in [-0.2, 0) is 17.8 Å². The second-order valence-electron chi connectivity index (χ2n) is 5.28. The zero-order valence-corrected chi connectivity index (χ0v) is 12.8. The maximum atomic E-state index is 12.8. The van der Waals surface area contributed by atoms with Crippen molar-refractivity contribution < 1.29 is 9.32 Å². The smallest absolute Gasteiger partial charge is 0.233 e. The number of hydrogen-bond donors (Lipinski definition) is 0. The molecule has 0 bridgehead atoms. The van der Waals surface area contributed by atoms with Gasteiger partial charge in [-0.1, -0.05) is 29.4 Å². The number of amides is 1. The van der Waals surface area contributed by atoms with Crippen LogP contribution in [0.5, 0.6) is 0 Å². The normalized spacial score (nSPS) is 10.5. The number of aryl methyl sites for hydroxylation is 1. The zero-order valence-electron chi connectivity index (χ0n) is 12.8.